The lowest BCUT2D eigenvalue weighted by atomic mass is 10.2. The van der Waals surface area contributed by atoms with Gasteiger partial charge in [-0.25, -0.2) is 4.39 Å². The lowest BCUT2D eigenvalue weighted by Gasteiger charge is -2.03. The molecule has 1 aromatic carbocycles. The number of phenolic OH excluding ortho intramolecular Hbond substituents is 1. The third-order valence-electron chi connectivity index (χ3n) is 2.56. The van der Waals surface area contributed by atoms with Crippen molar-refractivity contribution in [1.29, 1.82) is 0 Å². The van der Waals surface area contributed by atoms with Crippen LogP contribution in [-0.2, 0) is 19.6 Å². The molecule has 5 heteroatoms. The number of phenols is 1. The quantitative estimate of drug-likeness (QED) is 0.821. The zero-order valence-corrected chi connectivity index (χ0v) is 10.0. The molecule has 4 nitrogen and oxygen atoms in total. The Morgan fingerprint density at radius 2 is 2.17 bits per heavy atom. The maximum absolute atomic E-state index is 12.1. The number of hydrogen-bond acceptors (Lipinski definition) is 3. The zero-order valence-electron chi connectivity index (χ0n) is 10.0. The first-order valence-electron chi connectivity index (χ1n) is 5.85. The molecule has 0 atom stereocenters. The summed E-state index contributed by atoms with van der Waals surface area (Å²) in [6, 6.07) is 8.97. The SMILES string of the molecule is Oc1cccc(CNCc2ccn(CCF)n2)c1. The van der Waals surface area contributed by atoms with E-state index in [-0.39, 0.29) is 5.75 Å². The molecule has 1 heterocycles. The summed E-state index contributed by atoms with van der Waals surface area (Å²) in [7, 11) is 0. The first-order chi connectivity index (χ1) is 8.78. The lowest BCUT2D eigenvalue weighted by molar-refractivity contribution is 0.425. The van der Waals surface area contributed by atoms with E-state index in [0.717, 1.165) is 11.3 Å². The highest BCUT2D eigenvalue weighted by atomic mass is 19.1. The highest BCUT2D eigenvalue weighted by molar-refractivity contribution is 5.26. The van der Waals surface area contributed by atoms with Crippen LogP contribution in [0.2, 0.25) is 0 Å². The van der Waals surface area contributed by atoms with E-state index in [4.69, 9.17) is 0 Å². The van der Waals surface area contributed by atoms with Crippen molar-refractivity contribution in [2.45, 2.75) is 19.6 Å². The third kappa shape index (κ3) is 3.56. The summed E-state index contributed by atoms with van der Waals surface area (Å²) in [5.41, 5.74) is 1.89. The molecule has 96 valence electrons. The summed E-state index contributed by atoms with van der Waals surface area (Å²) >= 11 is 0. The predicted molar refractivity (Wildman–Crippen MR) is 66.9 cm³/mol. The topological polar surface area (TPSA) is 50.1 Å². The number of nitrogens with one attached hydrogen (secondary N) is 1. The zero-order chi connectivity index (χ0) is 12.8. The summed E-state index contributed by atoms with van der Waals surface area (Å²) in [6.07, 6.45) is 1.77. The monoisotopic (exact) mass is 249 g/mol. The predicted octanol–water partition coefficient (Wildman–Crippen LogP) is 1.85. The van der Waals surface area contributed by atoms with Crippen molar-refractivity contribution in [2.75, 3.05) is 6.67 Å². The van der Waals surface area contributed by atoms with E-state index in [2.05, 4.69) is 10.4 Å². The van der Waals surface area contributed by atoms with Crippen molar-refractivity contribution in [3.05, 3.63) is 47.8 Å². The van der Waals surface area contributed by atoms with E-state index in [1.807, 2.05) is 18.2 Å². The fourth-order valence-electron chi connectivity index (χ4n) is 1.71. The number of alkyl halides is 1. The second-order valence-corrected chi connectivity index (χ2v) is 4.03. The van der Waals surface area contributed by atoms with Gasteiger partial charge in [-0.05, 0) is 23.8 Å². The number of aromatic nitrogens is 2. The number of benzene rings is 1. The molecule has 0 aliphatic carbocycles. The van der Waals surface area contributed by atoms with Crippen molar-refractivity contribution in [3.8, 4) is 5.75 Å². The molecule has 0 amide bonds. The number of aromatic hydroxyl groups is 1. The number of aryl methyl sites for hydroxylation is 1. The van der Waals surface area contributed by atoms with Gasteiger partial charge in [-0.15, -0.1) is 0 Å². The fraction of sp³-hybridized carbons (Fsp3) is 0.308. The summed E-state index contributed by atoms with van der Waals surface area (Å²) in [5.74, 6) is 0.265. The Bertz CT molecular complexity index is 498. The molecule has 18 heavy (non-hydrogen) atoms. The van der Waals surface area contributed by atoms with Crippen LogP contribution >= 0.6 is 0 Å². The summed E-state index contributed by atoms with van der Waals surface area (Å²) in [5, 5.41) is 16.7. The van der Waals surface area contributed by atoms with Crippen molar-refractivity contribution in [2.24, 2.45) is 0 Å². The molecule has 0 fully saturated rings. The first-order valence-corrected chi connectivity index (χ1v) is 5.85. The summed E-state index contributed by atoms with van der Waals surface area (Å²) in [4.78, 5) is 0. The van der Waals surface area contributed by atoms with Crippen LogP contribution < -0.4 is 5.32 Å². The Kier molecular flexibility index (Phi) is 4.30. The van der Waals surface area contributed by atoms with E-state index in [9.17, 15) is 9.50 Å². The Hall–Kier alpha value is -1.88. The van der Waals surface area contributed by atoms with Gasteiger partial charge in [0.25, 0.3) is 0 Å². The number of nitrogens with zero attached hydrogens (tertiary/aromatic N) is 2. The van der Waals surface area contributed by atoms with Gasteiger partial charge >= 0.3 is 0 Å². The van der Waals surface area contributed by atoms with Crippen LogP contribution in [0.3, 0.4) is 0 Å². The molecule has 0 spiro atoms. The highest BCUT2D eigenvalue weighted by Crippen LogP contribution is 2.10. The molecule has 2 aromatic rings. The van der Waals surface area contributed by atoms with Crippen LogP contribution in [0.25, 0.3) is 0 Å². The lowest BCUT2D eigenvalue weighted by Crippen LogP contribution is -2.13. The average molecular weight is 249 g/mol. The maximum atomic E-state index is 12.1. The third-order valence-corrected chi connectivity index (χ3v) is 2.56. The maximum Gasteiger partial charge on any atom is 0.115 e. The molecule has 2 rings (SSSR count). The van der Waals surface area contributed by atoms with Crippen molar-refractivity contribution in [1.82, 2.24) is 15.1 Å². The second-order valence-electron chi connectivity index (χ2n) is 4.03. The van der Waals surface area contributed by atoms with Crippen molar-refractivity contribution in [3.63, 3.8) is 0 Å². The van der Waals surface area contributed by atoms with E-state index < -0.39 is 6.67 Å². The summed E-state index contributed by atoms with van der Waals surface area (Å²) in [6.45, 7) is 1.17. The van der Waals surface area contributed by atoms with Crippen LogP contribution in [0.1, 0.15) is 11.3 Å². The van der Waals surface area contributed by atoms with Gasteiger partial charge in [0.05, 0.1) is 12.2 Å². The van der Waals surface area contributed by atoms with E-state index >= 15 is 0 Å². The highest BCUT2D eigenvalue weighted by Gasteiger charge is 1.99. The molecule has 2 N–H and O–H groups in total. The minimum atomic E-state index is -0.405. The average Bonchev–Trinajstić information content (AvgIpc) is 2.78. The molecule has 0 saturated carbocycles. The minimum absolute atomic E-state index is 0.265. The van der Waals surface area contributed by atoms with E-state index in [1.165, 1.54) is 0 Å². The first kappa shape index (κ1) is 12.6. The van der Waals surface area contributed by atoms with Gasteiger partial charge < -0.3 is 10.4 Å². The number of halogens is 1. The minimum Gasteiger partial charge on any atom is -0.508 e. The Morgan fingerprint density at radius 1 is 1.28 bits per heavy atom. The molecule has 1 aromatic heterocycles. The van der Waals surface area contributed by atoms with Gasteiger partial charge in [-0.1, -0.05) is 12.1 Å². The van der Waals surface area contributed by atoms with Gasteiger partial charge in [-0.2, -0.15) is 5.10 Å². The molecule has 0 saturated heterocycles. The van der Waals surface area contributed by atoms with Crippen LogP contribution in [0.4, 0.5) is 4.39 Å². The fourth-order valence-corrected chi connectivity index (χ4v) is 1.71. The van der Waals surface area contributed by atoms with E-state index in [0.29, 0.717) is 19.6 Å². The van der Waals surface area contributed by atoms with Gasteiger partial charge in [0, 0.05) is 19.3 Å². The second kappa shape index (κ2) is 6.16. The Balaban J connectivity index is 1.81. The van der Waals surface area contributed by atoms with Crippen LogP contribution in [0.15, 0.2) is 36.5 Å². The normalized spacial score (nSPS) is 10.7. The molecule has 0 bridgehead atoms. The number of rotatable bonds is 6. The van der Waals surface area contributed by atoms with Crippen molar-refractivity contribution >= 4 is 0 Å². The number of hydrogen-bond donors (Lipinski definition) is 2. The van der Waals surface area contributed by atoms with Crippen LogP contribution in [0, 0.1) is 0 Å². The van der Waals surface area contributed by atoms with Crippen molar-refractivity contribution < 1.29 is 9.50 Å². The van der Waals surface area contributed by atoms with Crippen LogP contribution in [-0.4, -0.2) is 21.6 Å². The standard InChI is InChI=1S/C13H16FN3O/c14-5-7-17-6-4-12(16-17)10-15-9-11-2-1-3-13(18)8-11/h1-4,6,8,15,18H,5,7,9-10H2. The molecule has 0 unspecified atom stereocenters. The van der Waals surface area contributed by atoms with E-state index in [1.54, 1.807) is 23.0 Å². The molecular formula is C13H16FN3O. The molecule has 0 radical (unpaired) electrons. The molecule has 0 aliphatic rings. The van der Waals surface area contributed by atoms with Gasteiger partial charge in [0.1, 0.15) is 12.4 Å². The Morgan fingerprint density at radius 3 is 2.94 bits per heavy atom. The smallest absolute Gasteiger partial charge is 0.115 e. The summed E-state index contributed by atoms with van der Waals surface area (Å²) < 4.78 is 13.7. The largest absolute Gasteiger partial charge is 0.508 e. The Labute approximate surface area is 105 Å². The molecule has 0 aliphatic heterocycles. The van der Waals surface area contributed by atoms with Crippen LogP contribution in [0.5, 0.6) is 5.75 Å². The van der Waals surface area contributed by atoms with Gasteiger partial charge in [-0.3, -0.25) is 4.68 Å². The van der Waals surface area contributed by atoms with Gasteiger partial charge in [0.2, 0.25) is 0 Å². The molecular weight excluding hydrogens is 233 g/mol. The van der Waals surface area contributed by atoms with Gasteiger partial charge in [0.15, 0.2) is 0 Å².